The maximum absolute atomic E-state index is 13.0. The van der Waals surface area contributed by atoms with E-state index < -0.39 is 21.8 Å². The number of carbonyl (C=O) groups is 2. The Balaban J connectivity index is 1.66. The Kier molecular flexibility index (Phi) is 4.77. The van der Waals surface area contributed by atoms with Crippen LogP contribution < -0.4 is 4.72 Å². The fourth-order valence-electron chi connectivity index (χ4n) is 3.14. The second kappa shape index (κ2) is 7.42. The van der Waals surface area contributed by atoms with Gasteiger partial charge in [-0.05, 0) is 23.8 Å². The first-order valence-corrected chi connectivity index (χ1v) is 10.3. The van der Waals surface area contributed by atoms with Gasteiger partial charge in [0.15, 0.2) is 5.69 Å². The van der Waals surface area contributed by atoms with Crippen LogP contribution in [0.25, 0.3) is 4.85 Å². The van der Waals surface area contributed by atoms with Crippen LogP contribution in [0.3, 0.4) is 0 Å². The zero-order valence-electron chi connectivity index (χ0n) is 15.4. The number of imide groups is 1. The van der Waals surface area contributed by atoms with Crippen molar-refractivity contribution in [3.8, 4) is 0 Å². The summed E-state index contributed by atoms with van der Waals surface area (Å²) < 4.78 is 27.9. The number of hydrogen-bond acceptors (Lipinski definition) is 5. The number of hydrogen-bond donors (Lipinski definition) is 1. The Morgan fingerprint density at radius 1 is 1.00 bits per heavy atom. The van der Waals surface area contributed by atoms with Gasteiger partial charge in [0.1, 0.15) is 0 Å². The van der Waals surface area contributed by atoms with E-state index in [2.05, 4.69) is 14.6 Å². The SMILES string of the molecule is [C-]#[N+]c1ccc(S(=O)(=O)Nc2cccc3c2C(=O)N(Cc2cccnc2)C3=O)cc1. The first kappa shape index (κ1) is 19.3. The first-order valence-electron chi connectivity index (χ1n) is 8.79. The van der Waals surface area contributed by atoms with E-state index in [0.717, 1.165) is 4.90 Å². The minimum atomic E-state index is -4.02. The summed E-state index contributed by atoms with van der Waals surface area (Å²) in [5, 5.41) is 0. The van der Waals surface area contributed by atoms with Crippen molar-refractivity contribution in [2.75, 3.05) is 4.72 Å². The molecular weight excluding hydrogens is 404 g/mol. The molecule has 1 aliphatic heterocycles. The lowest BCUT2D eigenvalue weighted by Gasteiger charge is -2.14. The molecule has 2 heterocycles. The topological polar surface area (TPSA) is 101 Å². The molecule has 3 aromatic rings. The summed E-state index contributed by atoms with van der Waals surface area (Å²) in [5.74, 6) is -1.08. The largest absolute Gasteiger partial charge is 0.279 e. The van der Waals surface area contributed by atoms with Crippen LogP contribution in [0.1, 0.15) is 26.3 Å². The van der Waals surface area contributed by atoms with Crippen LogP contribution in [0.5, 0.6) is 0 Å². The number of rotatable bonds is 5. The van der Waals surface area contributed by atoms with Crippen LogP contribution in [0, 0.1) is 6.57 Å². The Labute approximate surface area is 172 Å². The first-order chi connectivity index (χ1) is 14.4. The van der Waals surface area contributed by atoms with Crippen LogP contribution >= 0.6 is 0 Å². The summed E-state index contributed by atoms with van der Waals surface area (Å²) in [6, 6.07) is 13.3. The summed E-state index contributed by atoms with van der Waals surface area (Å²) in [6.45, 7) is 6.99. The Bertz CT molecular complexity index is 1300. The molecule has 4 rings (SSSR count). The van der Waals surface area contributed by atoms with Gasteiger partial charge < -0.3 is 0 Å². The maximum Gasteiger partial charge on any atom is 0.264 e. The van der Waals surface area contributed by atoms with E-state index in [1.165, 1.54) is 42.5 Å². The molecule has 0 atom stereocenters. The highest BCUT2D eigenvalue weighted by Crippen LogP contribution is 2.32. The zero-order valence-corrected chi connectivity index (χ0v) is 16.3. The number of amides is 2. The second-order valence-electron chi connectivity index (χ2n) is 6.50. The molecular formula is C21H14N4O4S. The van der Waals surface area contributed by atoms with Gasteiger partial charge in [0.25, 0.3) is 21.8 Å². The van der Waals surface area contributed by atoms with Crippen molar-refractivity contribution >= 4 is 33.2 Å². The van der Waals surface area contributed by atoms with Crippen LogP contribution in [-0.4, -0.2) is 30.1 Å². The number of nitrogens with zero attached hydrogens (tertiary/aromatic N) is 3. The molecule has 0 saturated heterocycles. The van der Waals surface area contributed by atoms with Crippen molar-refractivity contribution in [2.24, 2.45) is 0 Å². The monoisotopic (exact) mass is 418 g/mol. The number of nitrogens with one attached hydrogen (secondary N) is 1. The fraction of sp³-hybridized carbons (Fsp3) is 0.0476. The van der Waals surface area contributed by atoms with Crippen molar-refractivity contribution in [3.05, 3.63) is 95.1 Å². The normalized spacial score (nSPS) is 13.1. The van der Waals surface area contributed by atoms with Crippen LogP contribution in [0.15, 0.2) is 71.9 Å². The lowest BCUT2D eigenvalue weighted by atomic mass is 10.1. The maximum atomic E-state index is 13.0. The minimum absolute atomic E-state index is 0.00717. The van der Waals surface area contributed by atoms with Crippen molar-refractivity contribution in [2.45, 2.75) is 11.4 Å². The molecule has 0 radical (unpaired) electrons. The molecule has 0 bridgehead atoms. The molecule has 1 aromatic heterocycles. The molecule has 1 N–H and O–H groups in total. The Morgan fingerprint density at radius 3 is 2.43 bits per heavy atom. The summed E-state index contributed by atoms with van der Waals surface area (Å²) in [7, 11) is -4.02. The number of carbonyl (C=O) groups excluding carboxylic acids is 2. The van der Waals surface area contributed by atoms with Crippen molar-refractivity contribution in [1.29, 1.82) is 0 Å². The van der Waals surface area contributed by atoms with E-state index in [4.69, 9.17) is 6.57 Å². The van der Waals surface area contributed by atoms with E-state index >= 15 is 0 Å². The Hall–Kier alpha value is -4.03. The molecule has 9 heteroatoms. The fourth-order valence-corrected chi connectivity index (χ4v) is 4.21. The van der Waals surface area contributed by atoms with Gasteiger partial charge >= 0.3 is 0 Å². The molecule has 2 amide bonds. The molecule has 8 nitrogen and oxygen atoms in total. The summed E-state index contributed by atoms with van der Waals surface area (Å²) >= 11 is 0. The predicted octanol–water partition coefficient (Wildman–Crippen LogP) is 3.23. The standard InChI is InChI=1S/C21H14N4O4S/c1-22-15-7-9-16(10-8-15)30(28,29)24-18-6-2-5-17-19(18)21(27)25(20(17)26)13-14-4-3-11-23-12-14/h2-12,24H,13H2. The van der Waals surface area contributed by atoms with E-state index in [-0.39, 0.29) is 28.3 Å². The van der Waals surface area contributed by atoms with Crippen molar-refractivity contribution in [1.82, 2.24) is 9.88 Å². The highest BCUT2D eigenvalue weighted by Gasteiger charge is 2.38. The molecule has 1 aliphatic rings. The summed E-state index contributed by atoms with van der Waals surface area (Å²) in [6.07, 6.45) is 3.14. The molecule has 30 heavy (non-hydrogen) atoms. The number of fused-ring (bicyclic) bond motifs is 1. The second-order valence-corrected chi connectivity index (χ2v) is 8.18. The van der Waals surface area contributed by atoms with E-state index in [1.54, 1.807) is 24.5 Å². The van der Waals surface area contributed by atoms with Gasteiger partial charge in [0.05, 0.1) is 34.8 Å². The highest BCUT2D eigenvalue weighted by molar-refractivity contribution is 7.92. The zero-order chi connectivity index (χ0) is 21.3. The van der Waals surface area contributed by atoms with Gasteiger partial charge in [-0.1, -0.05) is 36.4 Å². The third-order valence-corrected chi connectivity index (χ3v) is 5.96. The van der Waals surface area contributed by atoms with Gasteiger partial charge in [-0.2, -0.15) is 0 Å². The molecule has 2 aromatic carbocycles. The molecule has 0 unspecified atom stereocenters. The lowest BCUT2D eigenvalue weighted by molar-refractivity contribution is 0.0642. The summed E-state index contributed by atoms with van der Waals surface area (Å²) in [4.78, 5) is 33.9. The smallest absolute Gasteiger partial charge is 0.264 e. The van der Waals surface area contributed by atoms with Gasteiger partial charge in [-0.25, -0.2) is 13.3 Å². The number of anilines is 1. The third-order valence-electron chi connectivity index (χ3n) is 4.58. The highest BCUT2D eigenvalue weighted by atomic mass is 32.2. The van der Waals surface area contributed by atoms with Gasteiger partial charge in [-0.15, -0.1) is 0 Å². The number of pyridine rings is 1. The molecule has 148 valence electrons. The lowest BCUT2D eigenvalue weighted by Crippen LogP contribution is -2.29. The molecule has 0 fully saturated rings. The van der Waals surface area contributed by atoms with Crippen molar-refractivity contribution < 1.29 is 18.0 Å². The van der Waals surface area contributed by atoms with Gasteiger partial charge in [0, 0.05) is 12.4 Å². The number of sulfonamides is 1. The van der Waals surface area contributed by atoms with Crippen molar-refractivity contribution in [3.63, 3.8) is 0 Å². The van der Waals surface area contributed by atoms with E-state index in [1.807, 2.05) is 0 Å². The molecule has 0 aliphatic carbocycles. The Morgan fingerprint density at radius 2 is 1.77 bits per heavy atom. The average molecular weight is 418 g/mol. The quantitative estimate of drug-likeness (QED) is 0.506. The van der Waals surface area contributed by atoms with Crippen LogP contribution in [0.4, 0.5) is 11.4 Å². The number of aromatic nitrogens is 1. The predicted molar refractivity (Wildman–Crippen MR) is 108 cm³/mol. The van der Waals surface area contributed by atoms with E-state index in [9.17, 15) is 18.0 Å². The van der Waals surface area contributed by atoms with Crippen LogP contribution in [0.2, 0.25) is 0 Å². The molecule has 0 spiro atoms. The third kappa shape index (κ3) is 3.40. The average Bonchev–Trinajstić information content (AvgIpc) is 3.00. The van der Waals surface area contributed by atoms with E-state index in [0.29, 0.717) is 11.3 Å². The molecule has 0 saturated carbocycles. The number of benzene rings is 2. The minimum Gasteiger partial charge on any atom is -0.279 e. The van der Waals surface area contributed by atoms with Gasteiger partial charge in [-0.3, -0.25) is 24.2 Å². The van der Waals surface area contributed by atoms with Crippen LogP contribution in [-0.2, 0) is 16.6 Å². The van der Waals surface area contributed by atoms with Gasteiger partial charge in [0.2, 0.25) is 0 Å². The summed E-state index contributed by atoms with van der Waals surface area (Å²) in [5.41, 5.74) is 1.14.